The molecule has 32 heavy (non-hydrogen) atoms. The molecule has 1 aromatic carbocycles. The molecule has 0 radical (unpaired) electrons. The van der Waals surface area contributed by atoms with Crippen molar-refractivity contribution in [3.05, 3.63) is 59.9 Å². The van der Waals surface area contributed by atoms with Gasteiger partial charge in [0.25, 0.3) is 0 Å². The fourth-order valence-electron chi connectivity index (χ4n) is 4.10. The first kappa shape index (κ1) is 26.9. The number of aliphatic hydroxyl groups is 1. The molecule has 0 aliphatic rings. The van der Waals surface area contributed by atoms with E-state index in [9.17, 15) is 5.11 Å². The zero-order valence-electron chi connectivity index (χ0n) is 20.9. The van der Waals surface area contributed by atoms with Gasteiger partial charge in [0.15, 0.2) is 0 Å². The van der Waals surface area contributed by atoms with E-state index in [1.807, 2.05) is 12.1 Å². The zero-order chi connectivity index (χ0) is 23.3. The maximum absolute atomic E-state index is 11.5. The second-order valence-electron chi connectivity index (χ2n) is 10.2. The van der Waals surface area contributed by atoms with E-state index in [1.165, 1.54) is 81.1 Å². The average Bonchev–Trinajstić information content (AvgIpc) is 2.79. The standard InChI is InChI=1S/C29H45NOS/c1-5-6-7-8-9-10-11-12-13-14-16-25-18-20-27(21-19-25)32-24-29(31,28(2,3)4)26-17-15-22-30-23-26/h15,17-23,31H,5-14,16,24H2,1-4H3. The van der Waals surface area contributed by atoms with Crippen LogP contribution in [0.5, 0.6) is 0 Å². The van der Waals surface area contributed by atoms with Crippen molar-refractivity contribution in [2.45, 2.75) is 109 Å². The molecule has 2 rings (SSSR count). The first-order valence-corrected chi connectivity index (χ1v) is 13.7. The smallest absolute Gasteiger partial charge is 0.105 e. The highest BCUT2D eigenvalue weighted by molar-refractivity contribution is 7.99. The van der Waals surface area contributed by atoms with Crippen LogP contribution in [0.2, 0.25) is 0 Å². The molecule has 1 heterocycles. The fourth-order valence-corrected chi connectivity index (χ4v) is 5.40. The molecule has 0 aliphatic carbocycles. The summed E-state index contributed by atoms with van der Waals surface area (Å²) in [7, 11) is 0. The van der Waals surface area contributed by atoms with Crippen LogP contribution in [0, 0.1) is 5.41 Å². The highest BCUT2D eigenvalue weighted by Gasteiger charge is 2.41. The van der Waals surface area contributed by atoms with Gasteiger partial charge in [0.1, 0.15) is 5.60 Å². The van der Waals surface area contributed by atoms with E-state index in [4.69, 9.17) is 0 Å². The molecule has 0 spiro atoms. The second kappa shape index (κ2) is 14.1. The van der Waals surface area contributed by atoms with Gasteiger partial charge in [0, 0.05) is 28.6 Å². The molecule has 1 unspecified atom stereocenters. The van der Waals surface area contributed by atoms with Crippen LogP contribution < -0.4 is 0 Å². The zero-order valence-corrected chi connectivity index (χ0v) is 21.7. The van der Waals surface area contributed by atoms with Gasteiger partial charge in [-0.2, -0.15) is 0 Å². The number of thioether (sulfide) groups is 1. The predicted octanol–water partition coefficient (Wildman–Crippen LogP) is 8.57. The van der Waals surface area contributed by atoms with Crippen LogP contribution in [0.15, 0.2) is 53.7 Å². The van der Waals surface area contributed by atoms with E-state index < -0.39 is 5.60 Å². The van der Waals surface area contributed by atoms with Gasteiger partial charge in [0.2, 0.25) is 0 Å². The molecule has 0 saturated carbocycles. The van der Waals surface area contributed by atoms with Crippen LogP contribution >= 0.6 is 11.8 Å². The summed E-state index contributed by atoms with van der Waals surface area (Å²) in [6, 6.07) is 12.8. The molecule has 178 valence electrons. The Labute approximate surface area is 201 Å². The Morgan fingerprint density at radius 1 is 0.812 bits per heavy atom. The Balaban J connectivity index is 1.72. The van der Waals surface area contributed by atoms with Gasteiger partial charge in [-0.05, 0) is 42.0 Å². The molecule has 0 bridgehead atoms. The minimum absolute atomic E-state index is 0.279. The normalized spacial score (nSPS) is 13.8. The Morgan fingerprint density at radius 3 is 1.94 bits per heavy atom. The van der Waals surface area contributed by atoms with Crippen LogP contribution in [-0.4, -0.2) is 15.8 Å². The lowest BCUT2D eigenvalue weighted by Gasteiger charge is -2.40. The third kappa shape index (κ3) is 8.90. The van der Waals surface area contributed by atoms with Crippen molar-refractivity contribution in [3.8, 4) is 0 Å². The van der Waals surface area contributed by atoms with Crippen molar-refractivity contribution in [1.82, 2.24) is 4.98 Å². The van der Waals surface area contributed by atoms with Crippen LogP contribution in [0.1, 0.15) is 103 Å². The number of pyridine rings is 1. The molecule has 1 atom stereocenters. The minimum Gasteiger partial charge on any atom is -0.384 e. The molecule has 0 amide bonds. The molecule has 1 N–H and O–H groups in total. The number of unbranched alkanes of at least 4 members (excludes halogenated alkanes) is 9. The quantitative estimate of drug-likeness (QED) is 0.216. The summed E-state index contributed by atoms with van der Waals surface area (Å²) in [4.78, 5) is 5.44. The Morgan fingerprint density at radius 2 is 1.41 bits per heavy atom. The number of hydrogen-bond donors (Lipinski definition) is 1. The molecule has 3 heteroatoms. The van der Waals surface area contributed by atoms with E-state index in [2.05, 4.69) is 56.9 Å². The van der Waals surface area contributed by atoms with Gasteiger partial charge >= 0.3 is 0 Å². The fraction of sp³-hybridized carbons (Fsp3) is 0.621. The third-order valence-corrected chi connectivity index (χ3v) is 7.74. The van der Waals surface area contributed by atoms with Crippen molar-refractivity contribution in [2.75, 3.05) is 5.75 Å². The number of aryl methyl sites for hydroxylation is 1. The number of hydrogen-bond acceptors (Lipinski definition) is 3. The summed E-state index contributed by atoms with van der Waals surface area (Å²) in [6.45, 7) is 8.56. The van der Waals surface area contributed by atoms with Crippen molar-refractivity contribution in [3.63, 3.8) is 0 Å². The second-order valence-corrected chi connectivity index (χ2v) is 11.3. The summed E-state index contributed by atoms with van der Waals surface area (Å²) >= 11 is 1.72. The summed E-state index contributed by atoms with van der Waals surface area (Å²) in [6.07, 6.45) is 18.5. The Hall–Kier alpha value is -1.32. The van der Waals surface area contributed by atoms with Crippen LogP contribution in [0.25, 0.3) is 0 Å². The predicted molar refractivity (Wildman–Crippen MR) is 140 cm³/mol. The van der Waals surface area contributed by atoms with E-state index in [-0.39, 0.29) is 5.41 Å². The molecule has 0 fully saturated rings. The molecule has 2 aromatic rings. The average molecular weight is 456 g/mol. The topological polar surface area (TPSA) is 33.1 Å². The summed E-state index contributed by atoms with van der Waals surface area (Å²) in [5.41, 5.74) is 1.10. The van der Waals surface area contributed by atoms with Crippen molar-refractivity contribution in [2.24, 2.45) is 5.41 Å². The van der Waals surface area contributed by atoms with E-state index >= 15 is 0 Å². The van der Waals surface area contributed by atoms with Gasteiger partial charge in [-0.25, -0.2) is 0 Å². The first-order chi connectivity index (χ1) is 15.4. The minimum atomic E-state index is -0.930. The van der Waals surface area contributed by atoms with Crippen molar-refractivity contribution in [1.29, 1.82) is 0 Å². The van der Waals surface area contributed by atoms with Crippen molar-refractivity contribution < 1.29 is 5.11 Å². The molecule has 0 saturated heterocycles. The lowest BCUT2D eigenvalue weighted by Crippen LogP contribution is -2.42. The number of nitrogens with zero attached hydrogens (tertiary/aromatic N) is 1. The van der Waals surface area contributed by atoms with Gasteiger partial charge in [-0.15, -0.1) is 11.8 Å². The molecule has 1 aromatic heterocycles. The van der Waals surface area contributed by atoms with Gasteiger partial charge in [0.05, 0.1) is 0 Å². The first-order valence-electron chi connectivity index (χ1n) is 12.7. The lowest BCUT2D eigenvalue weighted by molar-refractivity contribution is -0.0425. The maximum atomic E-state index is 11.5. The lowest BCUT2D eigenvalue weighted by atomic mass is 9.74. The number of benzene rings is 1. The van der Waals surface area contributed by atoms with Crippen LogP contribution in [-0.2, 0) is 12.0 Å². The van der Waals surface area contributed by atoms with E-state index in [1.54, 1.807) is 24.2 Å². The summed E-state index contributed by atoms with van der Waals surface area (Å²) in [5.74, 6) is 0.611. The SMILES string of the molecule is CCCCCCCCCCCCc1ccc(SCC(O)(c2cccnc2)C(C)(C)C)cc1. The van der Waals surface area contributed by atoms with Gasteiger partial charge in [-0.1, -0.05) is 104 Å². The number of rotatable bonds is 15. The van der Waals surface area contributed by atoms with Crippen molar-refractivity contribution >= 4 is 11.8 Å². The maximum Gasteiger partial charge on any atom is 0.105 e. The largest absolute Gasteiger partial charge is 0.384 e. The highest BCUT2D eigenvalue weighted by atomic mass is 32.2. The van der Waals surface area contributed by atoms with E-state index in [0.29, 0.717) is 5.75 Å². The third-order valence-electron chi connectivity index (χ3n) is 6.57. The molecule has 0 aliphatic heterocycles. The van der Waals surface area contributed by atoms with Gasteiger partial charge in [-0.3, -0.25) is 4.98 Å². The summed E-state index contributed by atoms with van der Waals surface area (Å²) < 4.78 is 0. The van der Waals surface area contributed by atoms with Gasteiger partial charge < -0.3 is 5.11 Å². The molecular weight excluding hydrogens is 410 g/mol. The van der Waals surface area contributed by atoms with Crippen LogP contribution in [0.3, 0.4) is 0 Å². The van der Waals surface area contributed by atoms with Crippen LogP contribution in [0.4, 0.5) is 0 Å². The number of aromatic nitrogens is 1. The monoisotopic (exact) mass is 455 g/mol. The Bertz CT molecular complexity index is 738. The molecular formula is C29H45NOS. The Kier molecular flexibility index (Phi) is 11.8. The molecule has 2 nitrogen and oxygen atoms in total. The highest BCUT2D eigenvalue weighted by Crippen LogP contribution is 2.42. The van der Waals surface area contributed by atoms with E-state index in [0.717, 1.165) is 5.56 Å². The summed E-state index contributed by atoms with van der Waals surface area (Å²) in [5, 5.41) is 11.5.